The fourth-order valence-corrected chi connectivity index (χ4v) is 1.55. The summed E-state index contributed by atoms with van der Waals surface area (Å²) in [6, 6.07) is 12.3. The van der Waals surface area contributed by atoms with Crippen molar-refractivity contribution < 1.29 is 5.11 Å². The van der Waals surface area contributed by atoms with Crippen molar-refractivity contribution in [1.82, 2.24) is 4.98 Å². The Hall–Kier alpha value is -2.20. The van der Waals surface area contributed by atoms with Crippen LogP contribution < -0.4 is 5.73 Å². The zero-order valence-electron chi connectivity index (χ0n) is 9.17. The summed E-state index contributed by atoms with van der Waals surface area (Å²) in [5.41, 5.74) is 7.33. The van der Waals surface area contributed by atoms with Crippen LogP contribution in [0.1, 0.15) is 22.9 Å². The van der Waals surface area contributed by atoms with Crippen molar-refractivity contribution in [3.05, 3.63) is 65.5 Å². The molecule has 0 amide bonds. The largest absolute Gasteiger partial charge is 0.384 e. The van der Waals surface area contributed by atoms with Gasteiger partial charge in [0.1, 0.15) is 11.9 Å². The minimum atomic E-state index is -0.753. The van der Waals surface area contributed by atoms with Crippen LogP contribution in [0.3, 0.4) is 0 Å². The molecule has 0 bridgehead atoms. The Morgan fingerprint density at radius 3 is 2.41 bits per heavy atom. The molecule has 1 heterocycles. The fourth-order valence-electron chi connectivity index (χ4n) is 1.55. The number of rotatable bonds is 3. The van der Waals surface area contributed by atoms with E-state index in [1.54, 1.807) is 42.6 Å². The lowest BCUT2D eigenvalue weighted by molar-refractivity contribution is 0.215. The molecule has 0 saturated carbocycles. The van der Waals surface area contributed by atoms with Gasteiger partial charge in [0.15, 0.2) is 0 Å². The summed E-state index contributed by atoms with van der Waals surface area (Å²) in [6.45, 7) is 0. The van der Waals surface area contributed by atoms with E-state index in [1.807, 2.05) is 6.07 Å². The Kier molecular flexibility index (Phi) is 3.16. The average Bonchev–Trinajstić information content (AvgIpc) is 2.39. The monoisotopic (exact) mass is 227 g/mol. The number of nitrogens with zero attached hydrogens (tertiary/aromatic N) is 1. The number of amidine groups is 1. The third-order valence-corrected chi connectivity index (χ3v) is 2.51. The van der Waals surface area contributed by atoms with Crippen molar-refractivity contribution >= 4 is 5.84 Å². The number of aliphatic hydroxyl groups is 1. The summed E-state index contributed by atoms with van der Waals surface area (Å²) in [5.74, 6) is 0.0175. The Bertz CT molecular complexity index is 508. The molecule has 0 aliphatic carbocycles. The Morgan fingerprint density at radius 2 is 1.88 bits per heavy atom. The van der Waals surface area contributed by atoms with Gasteiger partial charge in [0.2, 0.25) is 0 Å². The van der Waals surface area contributed by atoms with Gasteiger partial charge in [0.25, 0.3) is 0 Å². The van der Waals surface area contributed by atoms with Gasteiger partial charge < -0.3 is 10.8 Å². The lowest BCUT2D eigenvalue weighted by Crippen LogP contribution is -2.11. The first-order valence-corrected chi connectivity index (χ1v) is 5.22. The van der Waals surface area contributed by atoms with Gasteiger partial charge in [-0.1, -0.05) is 30.3 Å². The molecular weight excluding hydrogens is 214 g/mol. The van der Waals surface area contributed by atoms with Crippen LogP contribution in [0, 0.1) is 5.41 Å². The topological polar surface area (TPSA) is 83.0 Å². The van der Waals surface area contributed by atoms with E-state index in [0.717, 1.165) is 5.56 Å². The van der Waals surface area contributed by atoms with Crippen molar-refractivity contribution in [3.8, 4) is 0 Å². The predicted octanol–water partition coefficient (Wildman–Crippen LogP) is 1.45. The Morgan fingerprint density at radius 1 is 1.18 bits per heavy atom. The summed E-state index contributed by atoms with van der Waals surface area (Å²) < 4.78 is 0. The third-order valence-electron chi connectivity index (χ3n) is 2.51. The van der Waals surface area contributed by atoms with Gasteiger partial charge in [-0.3, -0.25) is 10.4 Å². The van der Waals surface area contributed by atoms with Crippen molar-refractivity contribution in [2.45, 2.75) is 6.10 Å². The highest BCUT2D eigenvalue weighted by molar-refractivity contribution is 5.94. The van der Waals surface area contributed by atoms with Gasteiger partial charge in [-0.15, -0.1) is 0 Å². The second kappa shape index (κ2) is 4.76. The zero-order chi connectivity index (χ0) is 12.3. The van der Waals surface area contributed by atoms with E-state index < -0.39 is 6.10 Å². The highest BCUT2D eigenvalue weighted by atomic mass is 16.3. The molecule has 1 unspecified atom stereocenters. The van der Waals surface area contributed by atoms with Gasteiger partial charge in [-0.05, 0) is 17.7 Å². The first-order chi connectivity index (χ1) is 8.18. The van der Waals surface area contributed by atoms with E-state index in [-0.39, 0.29) is 5.84 Å². The number of nitrogens with two attached hydrogens (primary N) is 1. The number of hydrogen-bond donors (Lipinski definition) is 3. The molecule has 2 aromatic rings. The Balaban J connectivity index is 2.26. The van der Waals surface area contributed by atoms with Gasteiger partial charge in [0.05, 0.1) is 5.69 Å². The first-order valence-electron chi connectivity index (χ1n) is 5.22. The molecule has 2 rings (SSSR count). The second-order valence-electron chi connectivity index (χ2n) is 3.69. The molecule has 0 aliphatic rings. The molecule has 4 heteroatoms. The highest BCUT2D eigenvalue weighted by Gasteiger charge is 2.11. The number of nitrogen functional groups attached to an aromatic ring is 1. The van der Waals surface area contributed by atoms with Gasteiger partial charge in [-0.25, -0.2) is 0 Å². The molecule has 0 aliphatic heterocycles. The molecule has 0 fully saturated rings. The summed E-state index contributed by atoms with van der Waals surface area (Å²) in [4.78, 5) is 4.10. The molecule has 1 atom stereocenters. The standard InChI is InChI=1S/C13H13N3O/c14-13(15)10-6-4-9(5-7-10)12(17)11-3-1-2-8-16-11/h1-8,12,17H,(H3,14,15). The number of hydrogen-bond acceptors (Lipinski definition) is 3. The quantitative estimate of drug-likeness (QED) is 0.548. The molecular formula is C13H13N3O. The maximum Gasteiger partial charge on any atom is 0.122 e. The molecule has 4 N–H and O–H groups in total. The maximum atomic E-state index is 10.1. The molecule has 1 aromatic carbocycles. The number of nitrogens with one attached hydrogen (secondary N) is 1. The van der Waals surface area contributed by atoms with E-state index in [2.05, 4.69) is 4.98 Å². The smallest absolute Gasteiger partial charge is 0.122 e. The zero-order valence-corrected chi connectivity index (χ0v) is 9.17. The van der Waals surface area contributed by atoms with Crippen LogP contribution in [0.15, 0.2) is 48.7 Å². The summed E-state index contributed by atoms with van der Waals surface area (Å²) in [6.07, 6.45) is 0.889. The van der Waals surface area contributed by atoms with Gasteiger partial charge in [0, 0.05) is 11.8 Å². The molecule has 0 saturated heterocycles. The fraction of sp³-hybridized carbons (Fsp3) is 0.0769. The van der Waals surface area contributed by atoms with E-state index in [4.69, 9.17) is 11.1 Å². The number of pyridine rings is 1. The van der Waals surface area contributed by atoms with E-state index >= 15 is 0 Å². The van der Waals surface area contributed by atoms with Crippen molar-refractivity contribution in [3.63, 3.8) is 0 Å². The van der Waals surface area contributed by atoms with Gasteiger partial charge in [-0.2, -0.15) is 0 Å². The molecule has 4 nitrogen and oxygen atoms in total. The van der Waals surface area contributed by atoms with Crippen LogP contribution in [0.4, 0.5) is 0 Å². The normalized spacial score (nSPS) is 12.1. The van der Waals surface area contributed by atoms with Crippen molar-refractivity contribution in [1.29, 1.82) is 5.41 Å². The highest BCUT2D eigenvalue weighted by Crippen LogP contribution is 2.19. The molecule has 1 aromatic heterocycles. The van der Waals surface area contributed by atoms with E-state index in [9.17, 15) is 5.11 Å². The molecule has 0 spiro atoms. The third kappa shape index (κ3) is 2.49. The first kappa shape index (κ1) is 11.3. The van der Waals surface area contributed by atoms with E-state index in [0.29, 0.717) is 11.3 Å². The molecule has 86 valence electrons. The van der Waals surface area contributed by atoms with Crippen molar-refractivity contribution in [2.75, 3.05) is 0 Å². The lowest BCUT2D eigenvalue weighted by atomic mass is 10.0. The minimum Gasteiger partial charge on any atom is -0.384 e. The molecule has 0 radical (unpaired) electrons. The van der Waals surface area contributed by atoms with Crippen LogP contribution >= 0.6 is 0 Å². The number of aromatic nitrogens is 1. The van der Waals surface area contributed by atoms with Gasteiger partial charge >= 0.3 is 0 Å². The van der Waals surface area contributed by atoms with Crippen LogP contribution in [-0.4, -0.2) is 15.9 Å². The minimum absolute atomic E-state index is 0.0175. The van der Waals surface area contributed by atoms with E-state index in [1.165, 1.54) is 0 Å². The lowest BCUT2D eigenvalue weighted by Gasteiger charge is -2.10. The second-order valence-corrected chi connectivity index (χ2v) is 3.69. The predicted molar refractivity (Wildman–Crippen MR) is 65.8 cm³/mol. The maximum absolute atomic E-state index is 10.1. The SMILES string of the molecule is N=C(N)c1ccc(C(O)c2ccccn2)cc1. The number of benzene rings is 1. The summed E-state index contributed by atoms with van der Waals surface area (Å²) in [5, 5.41) is 17.4. The summed E-state index contributed by atoms with van der Waals surface area (Å²) in [7, 11) is 0. The van der Waals surface area contributed by atoms with Crippen molar-refractivity contribution in [2.24, 2.45) is 5.73 Å². The van der Waals surface area contributed by atoms with Crippen LogP contribution in [0.2, 0.25) is 0 Å². The average molecular weight is 227 g/mol. The Labute approximate surface area is 99.3 Å². The van der Waals surface area contributed by atoms with Crippen LogP contribution in [-0.2, 0) is 0 Å². The summed E-state index contributed by atoms with van der Waals surface area (Å²) >= 11 is 0. The number of aliphatic hydroxyl groups excluding tert-OH is 1. The molecule has 17 heavy (non-hydrogen) atoms. The van der Waals surface area contributed by atoms with Crippen LogP contribution in [0.25, 0.3) is 0 Å². The van der Waals surface area contributed by atoms with Crippen LogP contribution in [0.5, 0.6) is 0 Å².